The Morgan fingerprint density at radius 1 is 1.04 bits per heavy atom. The number of rotatable bonds is 6. The van der Waals surface area contributed by atoms with Crippen molar-refractivity contribution in [3.63, 3.8) is 0 Å². The number of hydrogen-bond acceptors (Lipinski definition) is 4. The summed E-state index contributed by atoms with van der Waals surface area (Å²) in [6.45, 7) is 6.83. The lowest BCUT2D eigenvalue weighted by molar-refractivity contribution is -0.385. The monoisotopic (exact) mass is 498 g/mol. The number of halogens is 1. The van der Waals surface area contributed by atoms with Crippen LogP contribution in [0.2, 0.25) is 0 Å². The summed E-state index contributed by atoms with van der Waals surface area (Å²) in [6.07, 6.45) is 0. The van der Waals surface area contributed by atoms with Crippen molar-refractivity contribution in [2.45, 2.75) is 39.5 Å². The van der Waals surface area contributed by atoms with Crippen molar-refractivity contribution in [2.24, 2.45) is 4.99 Å². The lowest BCUT2D eigenvalue weighted by Crippen LogP contribution is -2.36. The summed E-state index contributed by atoms with van der Waals surface area (Å²) < 4.78 is 5.99. The summed E-state index contributed by atoms with van der Waals surface area (Å²) in [5.74, 6) is 1.37. The third kappa shape index (κ3) is 7.34. The van der Waals surface area contributed by atoms with Gasteiger partial charge in [-0.25, -0.2) is 0 Å². The van der Waals surface area contributed by atoms with Gasteiger partial charge in [0, 0.05) is 37.3 Å². The molecule has 2 aromatic carbocycles. The molecule has 0 fully saturated rings. The molecule has 0 aliphatic rings. The van der Waals surface area contributed by atoms with Gasteiger partial charge in [0.15, 0.2) is 5.96 Å². The molecule has 0 saturated heterocycles. The molecule has 7 nitrogen and oxygen atoms in total. The number of nitro benzene ring substituents is 1. The number of ether oxygens (including phenoxy) is 1. The highest BCUT2D eigenvalue weighted by molar-refractivity contribution is 14.0. The van der Waals surface area contributed by atoms with Gasteiger partial charge in [-0.05, 0) is 26.8 Å². The molecular weight excluding hydrogens is 471 g/mol. The van der Waals surface area contributed by atoms with Gasteiger partial charge >= 0.3 is 0 Å². The van der Waals surface area contributed by atoms with Gasteiger partial charge in [-0.15, -0.1) is 24.0 Å². The van der Waals surface area contributed by atoms with E-state index in [4.69, 9.17) is 4.74 Å². The van der Waals surface area contributed by atoms with Gasteiger partial charge in [-0.1, -0.05) is 36.4 Å². The van der Waals surface area contributed by atoms with E-state index in [2.05, 4.69) is 15.6 Å². The molecule has 0 amide bonds. The Hall–Kier alpha value is -2.36. The van der Waals surface area contributed by atoms with Crippen LogP contribution in [-0.4, -0.2) is 23.5 Å². The molecule has 0 spiro atoms. The Morgan fingerprint density at radius 3 is 2.14 bits per heavy atom. The number of guanidine groups is 1. The van der Waals surface area contributed by atoms with E-state index in [0.717, 1.165) is 11.3 Å². The number of nitro groups is 1. The Kier molecular flexibility index (Phi) is 9.17. The largest absolute Gasteiger partial charge is 0.488 e. The molecular formula is C20H27IN4O3. The highest BCUT2D eigenvalue weighted by Crippen LogP contribution is 2.23. The van der Waals surface area contributed by atoms with E-state index < -0.39 is 0 Å². The van der Waals surface area contributed by atoms with Crippen molar-refractivity contribution in [3.8, 4) is 5.75 Å². The van der Waals surface area contributed by atoms with E-state index in [1.165, 1.54) is 6.07 Å². The molecule has 0 heterocycles. The van der Waals surface area contributed by atoms with Crippen LogP contribution in [0.25, 0.3) is 0 Å². The minimum absolute atomic E-state index is 0. The van der Waals surface area contributed by atoms with Crippen LogP contribution < -0.4 is 15.4 Å². The van der Waals surface area contributed by atoms with Gasteiger partial charge < -0.3 is 15.4 Å². The molecule has 0 unspecified atom stereocenters. The normalized spacial score (nSPS) is 11.4. The minimum Gasteiger partial charge on any atom is -0.488 e. The molecule has 0 aromatic heterocycles. The van der Waals surface area contributed by atoms with Crippen molar-refractivity contribution >= 4 is 35.6 Å². The van der Waals surface area contributed by atoms with Crippen LogP contribution in [0.1, 0.15) is 31.9 Å². The lowest BCUT2D eigenvalue weighted by atomic mass is 10.1. The molecule has 28 heavy (non-hydrogen) atoms. The zero-order valence-electron chi connectivity index (χ0n) is 16.6. The summed E-state index contributed by atoms with van der Waals surface area (Å²) in [5.41, 5.74) is 1.40. The highest BCUT2D eigenvalue weighted by Gasteiger charge is 2.15. The van der Waals surface area contributed by atoms with Crippen LogP contribution in [0.3, 0.4) is 0 Å². The lowest BCUT2D eigenvalue weighted by Gasteiger charge is -2.23. The van der Waals surface area contributed by atoms with E-state index in [-0.39, 0.29) is 40.2 Å². The van der Waals surface area contributed by atoms with Gasteiger partial charge in [0.25, 0.3) is 5.69 Å². The van der Waals surface area contributed by atoms with Crippen LogP contribution in [0.5, 0.6) is 5.75 Å². The Balaban J connectivity index is 0.00000392. The van der Waals surface area contributed by atoms with Crippen LogP contribution >= 0.6 is 24.0 Å². The van der Waals surface area contributed by atoms with Crippen molar-refractivity contribution in [1.82, 2.24) is 10.6 Å². The van der Waals surface area contributed by atoms with Crippen molar-refractivity contribution in [2.75, 3.05) is 7.05 Å². The van der Waals surface area contributed by atoms with E-state index in [9.17, 15) is 10.1 Å². The second kappa shape index (κ2) is 10.8. The van der Waals surface area contributed by atoms with Crippen molar-refractivity contribution in [3.05, 3.63) is 69.8 Å². The third-order valence-electron chi connectivity index (χ3n) is 3.69. The van der Waals surface area contributed by atoms with Gasteiger partial charge in [-0.2, -0.15) is 0 Å². The van der Waals surface area contributed by atoms with Crippen LogP contribution in [0, 0.1) is 10.1 Å². The molecule has 2 N–H and O–H groups in total. The maximum atomic E-state index is 11.1. The molecule has 0 radical (unpaired) electrons. The Morgan fingerprint density at radius 2 is 1.57 bits per heavy atom. The first-order valence-electron chi connectivity index (χ1n) is 8.74. The van der Waals surface area contributed by atoms with E-state index >= 15 is 0 Å². The first-order valence-corrected chi connectivity index (χ1v) is 8.74. The van der Waals surface area contributed by atoms with Crippen LogP contribution in [-0.2, 0) is 13.1 Å². The number of para-hydroxylation sites is 2. The molecule has 2 aromatic rings. The smallest absolute Gasteiger partial charge is 0.274 e. The number of nitrogens with zero attached hydrogens (tertiary/aromatic N) is 2. The standard InChI is InChI=1S/C20H26N4O3.HI/c1-20(2,3)27-18-12-8-6-10-16(18)14-23-19(21-4)22-13-15-9-5-7-11-17(15)24(25)26;/h5-12H,13-14H2,1-4H3,(H2,21,22,23);1H. The minimum atomic E-state index is -0.382. The van der Waals surface area contributed by atoms with Crippen molar-refractivity contribution in [1.29, 1.82) is 0 Å². The average molecular weight is 498 g/mol. The first-order chi connectivity index (χ1) is 12.8. The summed E-state index contributed by atoms with van der Waals surface area (Å²) in [5, 5.41) is 17.4. The molecule has 2 rings (SSSR count). The second-order valence-corrected chi connectivity index (χ2v) is 6.99. The number of benzene rings is 2. The second-order valence-electron chi connectivity index (χ2n) is 6.99. The molecule has 0 atom stereocenters. The molecule has 0 saturated carbocycles. The first kappa shape index (κ1) is 23.7. The Labute approximate surface area is 182 Å². The fourth-order valence-corrected chi connectivity index (χ4v) is 2.50. The summed E-state index contributed by atoms with van der Waals surface area (Å²) in [6, 6.07) is 14.5. The zero-order valence-corrected chi connectivity index (χ0v) is 18.9. The quantitative estimate of drug-likeness (QED) is 0.204. The van der Waals surface area contributed by atoms with Gasteiger partial charge in [-0.3, -0.25) is 15.1 Å². The molecule has 8 heteroatoms. The van der Waals surface area contributed by atoms with Gasteiger partial charge in [0.1, 0.15) is 11.4 Å². The average Bonchev–Trinajstić information content (AvgIpc) is 2.62. The predicted octanol–water partition coefficient (Wildman–Crippen LogP) is 4.26. The highest BCUT2D eigenvalue weighted by atomic mass is 127. The number of hydrogen-bond donors (Lipinski definition) is 2. The molecule has 0 bridgehead atoms. The maximum Gasteiger partial charge on any atom is 0.274 e. The number of nitrogens with one attached hydrogen (secondary N) is 2. The fourth-order valence-electron chi connectivity index (χ4n) is 2.50. The summed E-state index contributed by atoms with van der Waals surface area (Å²) >= 11 is 0. The number of aliphatic imine (C=N–C) groups is 1. The van der Waals surface area contributed by atoms with E-state index in [1.54, 1.807) is 25.2 Å². The summed E-state index contributed by atoms with van der Waals surface area (Å²) in [7, 11) is 1.66. The fraction of sp³-hybridized carbons (Fsp3) is 0.350. The van der Waals surface area contributed by atoms with E-state index in [0.29, 0.717) is 24.6 Å². The predicted molar refractivity (Wildman–Crippen MR) is 122 cm³/mol. The van der Waals surface area contributed by atoms with Crippen molar-refractivity contribution < 1.29 is 9.66 Å². The Bertz CT molecular complexity index is 819. The maximum absolute atomic E-state index is 11.1. The molecule has 152 valence electrons. The van der Waals surface area contributed by atoms with Gasteiger partial charge in [0.05, 0.1) is 4.92 Å². The third-order valence-corrected chi connectivity index (χ3v) is 3.69. The van der Waals surface area contributed by atoms with Crippen LogP contribution in [0.15, 0.2) is 53.5 Å². The summed E-state index contributed by atoms with van der Waals surface area (Å²) in [4.78, 5) is 14.9. The SMILES string of the molecule is CN=C(NCc1ccccc1OC(C)(C)C)NCc1ccccc1[N+](=O)[O-].I. The van der Waals surface area contributed by atoms with E-state index in [1.807, 2.05) is 45.0 Å². The molecule has 0 aliphatic carbocycles. The molecule has 0 aliphatic heterocycles. The zero-order chi connectivity index (χ0) is 19.9. The topological polar surface area (TPSA) is 88.8 Å². The van der Waals surface area contributed by atoms with Gasteiger partial charge in [0.2, 0.25) is 0 Å². The van der Waals surface area contributed by atoms with Crippen LogP contribution in [0.4, 0.5) is 5.69 Å².